The van der Waals surface area contributed by atoms with Gasteiger partial charge in [-0.25, -0.2) is 8.78 Å². The Kier molecular flexibility index (Phi) is 6.71. The molecule has 1 aromatic carbocycles. The zero-order chi connectivity index (χ0) is 16.0. The van der Waals surface area contributed by atoms with E-state index in [1.54, 1.807) is 33.0 Å². The third-order valence-electron chi connectivity index (χ3n) is 3.38. The van der Waals surface area contributed by atoms with Crippen LogP contribution in [0.3, 0.4) is 0 Å². The molecule has 0 radical (unpaired) electrons. The maximum absolute atomic E-state index is 13.9. The Morgan fingerprint density at radius 3 is 2.29 bits per heavy atom. The van der Waals surface area contributed by atoms with Gasteiger partial charge in [0.25, 0.3) is 0 Å². The molecular formula is C15H23F2N3O. The first kappa shape index (κ1) is 17.5. The van der Waals surface area contributed by atoms with Crippen molar-refractivity contribution in [2.45, 2.75) is 13.0 Å². The molecule has 0 fully saturated rings. The first-order valence-corrected chi connectivity index (χ1v) is 6.91. The molecule has 0 spiro atoms. The van der Waals surface area contributed by atoms with Crippen LogP contribution in [0.1, 0.15) is 18.5 Å². The summed E-state index contributed by atoms with van der Waals surface area (Å²) in [6.07, 6.45) is 0. The van der Waals surface area contributed by atoms with Crippen LogP contribution in [0.5, 0.6) is 0 Å². The van der Waals surface area contributed by atoms with Gasteiger partial charge >= 0.3 is 0 Å². The van der Waals surface area contributed by atoms with Crippen LogP contribution in [0.15, 0.2) is 18.2 Å². The second-order valence-corrected chi connectivity index (χ2v) is 5.32. The van der Waals surface area contributed by atoms with Gasteiger partial charge in [-0.1, -0.05) is 13.0 Å². The van der Waals surface area contributed by atoms with Crippen molar-refractivity contribution in [1.29, 1.82) is 0 Å². The molecule has 1 aromatic rings. The number of benzene rings is 1. The highest BCUT2D eigenvalue weighted by Crippen LogP contribution is 2.23. The van der Waals surface area contributed by atoms with Crippen LogP contribution in [-0.4, -0.2) is 45.0 Å². The SMILES string of the molecule is CNCC(C)C(=O)NCC(c1c(F)cccc1F)N(C)C. The van der Waals surface area contributed by atoms with Crippen molar-refractivity contribution in [2.75, 3.05) is 34.2 Å². The number of carbonyl (C=O) groups is 1. The molecule has 0 aliphatic carbocycles. The first-order valence-electron chi connectivity index (χ1n) is 6.91. The molecule has 21 heavy (non-hydrogen) atoms. The molecule has 0 heterocycles. The topological polar surface area (TPSA) is 44.4 Å². The van der Waals surface area contributed by atoms with Gasteiger partial charge in [0.15, 0.2) is 0 Å². The van der Waals surface area contributed by atoms with Gasteiger partial charge in [-0.2, -0.15) is 0 Å². The van der Waals surface area contributed by atoms with Crippen molar-refractivity contribution < 1.29 is 13.6 Å². The smallest absolute Gasteiger partial charge is 0.224 e. The van der Waals surface area contributed by atoms with Gasteiger partial charge in [0.1, 0.15) is 11.6 Å². The molecular weight excluding hydrogens is 276 g/mol. The van der Waals surface area contributed by atoms with E-state index in [9.17, 15) is 13.6 Å². The summed E-state index contributed by atoms with van der Waals surface area (Å²) < 4.78 is 27.8. The molecule has 118 valence electrons. The van der Waals surface area contributed by atoms with E-state index in [1.807, 2.05) is 0 Å². The third-order valence-corrected chi connectivity index (χ3v) is 3.38. The zero-order valence-electron chi connectivity index (χ0n) is 12.9. The van der Waals surface area contributed by atoms with E-state index >= 15 is 0 Å². The van der Waals surface area contributed by atoms with Crippen molar-refractivity contribution in [1.82, 2.24) is 15.5 Å². The van der Waals surface area contributed by atoms with Crippen LogP contribution in [0.2, 0.25) is 0 Å². The molecule has 1 rings (SSSR count). The summed E-state index contributed by atoms with van der Waals surface area (Å²) in [5.41, 5.74) is -0.0240. The maximum Gasteiger partial charge on any atom is 0.224 e. The quantitative estimate of drug-likeness (QED) is 0.803. The number of halogens is 2. The minimum absolute atomic E-state index is 0.0240. The van der Waals surface area contributed by atoms with Gasteiger partial charge in [-0.3, -0.25) is 4.79 Å². The average Bonchev–Trinajstić information content (AvgIpc) is 2.41. The van der Waals surface area contributed by atoms with Gasteiger partial charge in [0.05, 0.1) is 6.04 Å². The molecule has 0 aliphatic heterocycles. The van der Waals surface area contributed by atoms with Crippen LogP contribution < -0.4 is 10.6 Å². The van der Waals surface area contributed by atoms with Gasteiger partial charge in [-0.15, -0.1) is 0 Å². The summed E-state index contributed by atoms with van der Waals surface area (Å²) in [5.74, 6) is -1.56. The largest absolute Gasteiger partial charge is 0.354 e. The Labute approximate surface area is 124 Å². The summed E-state index contributed by atoms with van der Waals surface area (Å²) in [7, 11) is 5.21. The zero-order valence-corrected chi connectivity index (χ0v) is 12.9. The monoisotopic (exact) mass is 299 g/mol. The molecule has 0 aromatic heterocycles. The molecule has 0 saturated heterocycles. The Hall–Kier alpha value is -1.53. The Morgan fingerprint density at radius 2 is 1.81 bits per heavy atom. The molecule has 0 saturated carbocycles. The third kappa shape index (κ3) is 4.75. The highest BCUT2D eigenvalue weighted by atomic mass is 19.1. The van der Waals surface area contributed by atoms with Crippen LogP contribution in [-0.2, 0) is 4.79 Å². The fourth-order valence-corrected chi connectivity index (χ4v) is 2.14. The number of hydrogen-bond acceptors (Lipinski definition) is 3. The molecule has 6 heteroatoms. The summed E-state index contributed by atoms with van der Waals surface area (Å²) >= 11 is 0. The minimum atomic E-state index is -0.605. The van der Waals surface area contributed by atoms with E-state index in [2.05, 4.69) is 10.6 Å². The Bertz CT molecular complexity index is 460. The molecule has 2 N–H and O–H groups in total. The van der Waals surface area contributed by atoms with E-state index in [4.69, 9.17) is 0 Å². The maximum atomic E-state index is 13.9. The van der Waals surface area contributed by atoms with Crippen molar-refractivity contribution >= 4 is 5.91 Å². The molecule has 2 unspecified atom stereocenters. The van der Waals surface area contributed by atoms with Gasteiger partial charge < -0.3 is 15.5 Å². The van der Waals surface area contributed by atoms with Crippen molar-refractivity contribution in [3.63, 3.8) is 0 Å². The molecule has 4 nitrogen and oxygen atoms in total. The Balaban J connectivity index is 2.82. The standard InChI is InChI=1S/C15H23F2N3O/c1-10(8-18-2)15(21)19-9-13(20(3)4)14-11(16)6-5-7-12(14)17/h5-7,10,13,18H,8-9H2,1-4H3,(H,19,21). The second kappa shape index (κ2) is 8.05. The highest BCUT2D eigenvalue weighted by Gasteiger charge is 2.23. The number of nitrogens with zero attached hydrogens (tertiary/aromatic N) is 1. The number of rotatable bonds is 7. The lowest BCUT2D eigenvalue weighted by Crippen LogP contribution is -2.39. The number of likely N-dealkylation sites (N-methyl/N-ethyl adjacent to an activating group) is 1. The number of nitrogens with one attached hydrogen (secondary N) is 2. The molecule has 2 atom stereocenters. The predicted octanol–water partition coefficient (Wildman–Crippen LogP) is 1.54. The van der Waals surface area contributed by atoms with E-state index in [0.29, 0.717) is 6.54 Å². The fourth-order valence-electron chi connectivity index (χ4n) is 2.14. The highest BCUT2D eigenvalue weighted by molar-refractivity contribution is 5.78. The Morgan fingerprint density at radius 1 is 1.24 bits per heavy atom. The lowest BCUT2D eigenvalue weighted by molar-refractivity contribution is -0.124. The molecule has 0 bridgehead atoms. The van der Waals surface area contributed by atoms with Crippen molar-refractivity contribution in [2.24, 2.45) is 5.92 Å². The summed E-state index contributed by atoms with van der Waals surface area (Å²) in [5, 5.41) is 5.67. The first-order chi connectivity index (χ1) is 9.88. The van der Waals surface area contributed by atoms with E-state index in [1.165, 1.54) is 18.2 Å². The normalized spacial score (nSPS) is 14.0. The van der Waals surface area contributed by atoms with Crippen LogP contribution >= 0.6 is 0 Å². The van der Waals surface area contributed by atoms with Crippen LogP contribution in [0, 0.1) is 17.6 Å². The van der Waals surface area contributed by atoms with E-state index in [0.717, 1.165) is 0 Å². The summed E-state index contributed by atoms with van der Waals surface area (Å²) in [6, 6.07) is 3.21. The summed E-state index contributed by atoms with van der Waals surface area (Å²) in [4.78, 5) is 13.6. The van der Waals surface area contributed by atoms with Crippen LogP contribution in [0.25, 0.3) is 0 Å². The lowest BCUT2D eigenvalue weighted by atomic mass is 10.0. The minimum Gasteiger partial charge on any atom is -0.354 e. The number of hydrogen-bond donors (Lipinski definition) is 2. The predicted molar refractivity (Wildman–Crippen MR) is 78.9 cm³/mol. The van der Waals surface area contributed by atoms with E-state index in [-0.39, 0.29) is 23.9 Å². The lowest BCUT2D eigenvalue weighted by Gasteiger charge is -2.26. The van der Waals surface area contributed by atoms with E-state index < -0.39 is 17.7 Å². The number of carbonyl (C=O) groups excluding carboxylic acids is 1. The van der Waals surface area contributed by atoms with Crippen LogP contribution in [0.4, 0.5) is 8.78 Å². The van der Waals surface area contributed by atoms with Crippen molar-refractivity contribution in [3.05, 3.63) is 35.4 Å². The molecule has 1 amide bonds. The average molecular weight is 299 g/mol. The van der Waals surface area contributed by atoms with Gasteiger partial charge in [0.2, 0.25) is 5.91 Å². The number of amides is 1. The second-order valence-electron chi connectivity index (χ2n) is 5.32. The molecule has 0 aliphatic rings. The summed E-state index contributed by atoms with van der Waals surface area (Å²) in [6.45, 7) is 2.49. The fraction of sp³-hybridized carbons (Fsp3) is 0.533. The van der Waals surface area contributed by atoms with Gasteiger partial charge in [0, 0.05) is 24.6 Å². The van der Waals surface area contributed by atoms with Gasteiger partial charge in [-0.05, 0) is 33.3 Å². The van der Waals surface area contributed by atoms with Crippen molar-refractivity contribution in [3.8, 4) is 0 Å².